The van der Waals surface area contributed by atoms with Crippen molar-refractivity contribution in [1.82, 2.24) is 9.97 Å². The highest BCUT2D eigenvalue weighted by atomic mass is 79.9. The summed E-state index contributed by atoms with van der Waals surface area (Å²) in [6.45, 7) is 0. The molecule has 0 saturated heterocycles. The zero-order chi connectivity index (χ0) is 11.7. The van der Waals surface area contributed by atoms with Gasteiger partial charge in [-0.05, 0) is 6.07 Å². The molecule has 4 nitrogen and oxygen atoms in total. The normalized spacial score (nSPS) is 10.4. The van der Waals surface area contributed by atoms with Crippen LogP contribution in [-0.4, -0.2) is 21.0 Å². The van der Waals surface area contributed by atoms with E-state index in [9.17, 15) is 4.79 Å². The quantitative estimate of drug-likeness (QED) is 0.895. The van der Waals surface area contributed by atoms with Crippen LogP contribution in [0.2, 0.25) is 5.15 Å². The molecule has 0 aliphatic carbocycles. The molecule has 0 amide bonds. The van der Waals surface area contributed by atoms with E-state index in [1.54, 1.807) is 0 Å². The van der Waals surface area contributed by atoms with E-state index >= 15 is 0 Å². The number of H-pyrrole nitrogens is 1. The third-order valence-electron chi connectivity index (χ3n) is 1.99. The Kier molecular flexibility index (Phi) is 2.98. The van der Waals surface area contributed by atoms with Crippen molar-refractivity contribution in [2.45, 2.75) is 0 Å². The second-order valence-corrected chi connectivity index (χ2v) is 4.27. The van der Waals surface area contributed by atoms with E-state index in [-0.39, 0.29) is 10.8 Å². The molecule has 2 N–H and O–H groups in total. The van der Waals surface area contributed by atoms with E-state index in [1.807, 2.05) is 24.3 Å². The zero-order valence-corrected chi connectivity index (χ0v) is 10.2. The van der Waals surface area contributed by atoms with Crippen molar-refractivity contribution in [2.24, 2.45) is 0 Å². The fourth-order valence-corrected chi connectivity index (χ4v) is 1.96. The minimum Gasteiger partial charge on any atom is -0.476 e. The molecule has 0 bridgehead atoms. The molecular weight excluding hydrogens is 295 g/mol. The van der Waals surface area contributed by atoms with Gasteiger partial charge in [0.15, 0.2) is 5.69 Å². The average Bonchev–Trinajstić information content (AvgIpc) is 2.61. The molecule has 16 heavy (non-hydrogen) atoms. The number of hydrogen-bond acceptors (Lipinski definition) is 2. The third-order valence-corrected chi connectivity index (χ3v) is 2.96. The highest BCUT2D eigenvalue weighted by Crippen LogP contribution is 2.27. The molecular formula is C10H6BrClN2O2. The summed E-state index contributed by atoms with van der Waals surface area (Å²) in [5.74, 6) is -0.727. The Balaban J connectivity index is 2.54. The van der Waals surface area contributed by atoms with E-state index in [0.29, 0.717) is 5.82 Å². The minimum atomic E-state index is -1.15. The lowest BCUT2D eigenvalue weighted by atomic mass is 10.2. The van der Waals surface area contributed by atoms with Gasteiger partial charge in [0, 0.05) is 10.0 Å². The van der Waals surface area contributed by atoms with Gasteiger partial charge in [-0.15, -0.1) is 0 Å². The van der Waals surface area contributed by atoms with Crippen LogP contribution in [0.15, 0.2) is 28.7 Å². The van der Waals surface area contributed by atoms with Gasteiger partial charge in [0.2, 0.25) is 0 Å². The number of carboxylic acid groups (broad SMARTS) is 1. The Bertz CT molecular complexity index is 554. The maximum Gasteiger partial charge on any atom is 0.357 e. The summed E-state index contributed by atoms with van der Waals surface area (Å²) in [6, 6.07) is 7.34. The van der Waals surface area contributed by atoms with Crippen molar-refractivity contribution in [3.8, 4) is 11.4 Å². The number of halogens is 2. The standard InChI is InChI=1S/C10H6BrClN2O2/c11-6-4-2-1-3-5(6)9-13-7(10(15)16)8(12)14-9/h1-4H,(H,13,14)(H,15,16). The predicted molar refractivity (Wildman–Crippen MR) is 63.7 cm³/mol. The molecule has 2 rings (SSSR count). The van der Waals surface area contributed by atoms with Crippen molar-refractivity contribution in [3.63, 3.8) is 0 Å². The number of imidazole rings is 1. The van der Waals surface area contributed by atoms with E-state index in [1.165, 1.54) is 0 Å². The van der Waals surface area contributed by atoms with Gasteiger partial charge in [0.25, 0.3) is 0 Å². The van der Waals surface area contributed by atoms with Crippen LogP contribution in [0.3, 0.4) is 0 Å². The van der Waals surface area contributed by atoms with Gasteiger partial charge in [0.1, 0.15) is 11.0 Å². The number of aromatic nitrogens is 2. The van der Waals surface area contributed by atoms with E-state index in [4.69, 9.17) is 16.7 Å². The topological polar surface area (TPSA) is 66.0 Å². The number of aromatic amines is 1. The van der Waals surface area contributed by atoms with Crippen molar-refractivity contribution in [2.75, 3.05) is 0 Å². The number of hydrogen-bond donors (Lipinski definition) is 2. The van der Waals surface area contributed by atoms with Crippen LogP contribution in [-0.2, 0) is 0 Å². The number of rotatable bonds is 2. The number of aromatic carboxylic acids is 1. The van der Waals surface area contributed by atoms with Crippen molar-refractivity contribution in [3.05, 3.63) is 39.6 Å². The Hall–Kier alpha value is -1.33. The number of carboxylic acids is 1. The Morgan fingerprint density at radius 3 is 2.69 bits per heavy atom. The summed E-state index contributed by atoms with van der Waals surface area (Å²) in [5.41, 5.74) is 0.587. The molecule has 82 valence electrons. The third kappa shape index (κ3) is 1.96. The molecule has 0 aliphatic rings. The average molecular weight is 302 g/mol. The number of carbonyl (C=O) groups is 1. The molecule has 0 radical (unpaired) electrons. The van der Waals surface area contributed by atoms with E-state index < -0.39 is 5.97 Å². The van der Waals surface area contributed by atoms with Crippen LogP contribution in [0.1, 0.15) is 10.5 Å². The van der Waals surface area contributed by atoms with Crippen LogP contribution in [0, 0.1) is 0 Å². The van der Waals surface area contributed by atoms with E-state index in [0.717, 1.165) is 10.0 Å². The number of nitrogens with zero attached hydrogens (tertiary/aromatic N) is 1. The number of benzene rings is 1. The molecule has 1 aromatic carbocycles. The first-order valence-corrected chi connectivity index (χ1v) is 5.50. The van der Waals surface area contributed by atoms with Gasteiger partial charge in [0.05, 0.1) is 0 Å². The molecule has 0 unspecified atom stereocenters. The van der Waals surface area contributed by atoms with Gasteiger partial charge in [-0.3, -0.25) is 0 Å². The first-order chi connectivity index (χ1) is 7.59. The lowest BCUT2D eigenvalue weighted by Gasteiger charge is -1.98. The van der Waals surface area contributed by atoms with Crippen LogP contribution >= 0.6 is 27.5 Å². The maximum atomic E-state index is 10.8. The second-order valence-electron chi connectivity index (χ2n) is 3.03. The summed E-state index contributed by atoms with van der Waals surface area (Å²) < 4.78 is 0.817. The van der Waals surface area contributed by atoms with Crippen molar-refractivity contribution < 1.29 is 9.90 Å². The fraction of sp³-hybridized carbons (Fsp3) is 0. The van der Waals surface area contributed by atoms with Crippen LogP contribution in [0.25, 0.3) is 11.4 Å². The molecule has 1 aromatic heterocycles. The summed E-state index contributed by atoms with van der Waals surface area (Å²) in [4.78, 5) is 17.4. The molecule has 0 fully saturated rings. The zero-order valence-electron chi connectivity index (χ0n) is 7.87. The van der Waals surface area contributed by atoms with E-state index in [2.05, 4.69) is 25.9 Å². The van der Waals surface area contributed by atoms with Crippen LogP contribution < -0.4 is 0 Å². The highest BCUT2D eigenvalue weighted by molar-refractivity contribution is 9.10. The fourth-order valence-electron chi connectivity index (χ4n) is 1.27. The Morgan fingerprint density at radius 1 is 1.44 bits per heavy atom. The first kappa shape index (κ1) is 11.2. The van der Waals surface area contributed by atoms with Gasteiger partial charge < -0.3 is 10.1 Å². The minimum absolute atomic E-state index is 0.0262. The van der Waals surface area contributed by atoms with Gasteiger partial charge in [-0.25, -0.2) is 9.78 Å². The van der Waals surface area contributed by atoms with Gasteiger partial charge in [-0.1, -0.05) is 45.7 Å². The van der Waals surface area contributed by atoms with Crippen LogP contribution in [0.4, 0.5) is 0 Å². The second kappa shape index (κ2) is 4.27. The summed E-state index contributed by atoms with van der Waals surface area (Å²) in [5, 5.41) is 8.84. The Labute approximate surface area is 104 Å². The monoisotopic (exact) mass is 300 g/mol. The summed E-state index contributed by atoms with van der Waals surface area (Å²) >= 11 is 9.08. The van der Waals surface area contributed by atoms with Crippen LogP contribution in [0.5, 0.6) is 0 Å². The van der Waals surface area contributed by atoms with Crippen molar-refractivity contribution >= 4 is 33.5 Å². The summed E-state index contributed by atoms with van der Waals surface area (Å²) in [7, 11) is 0. The molecule has 1 heterocycles. The SMILES string of the molecule is O=C(O)c1nc(-c2ccccc2Br)[nH]c1Cl. The molecule has 0 spiro atoms. The lowest BCUT2D eigenvalue weighted by molar-refractivity contribution is 0.0691. The smallest absolute Gasteiger partial charge is 0.357 e. The van der Waals surface area contributed by atoms with Gasteiger partial charge in [-0.2, -0.15) is 0 Å². The molecule has 0 saturated carbocycles. The largest absolute Gasteiger partial charge is 0.476 e. The maximum absolute atomic E-state index is 10.8. The molecule has 2 aromatic rings. The Morgan fingerprint density at radius 2 is 2.12 bits per heavy atom. The predicted octanol–water partition coefficient (Wildman–Crippen LogP) is 3.19. The lowest BCUT2D eigenvalue weighted by Crippen LogP contribution is -1.96. The summed E-state index contributed by atoms with van der Waals surface area (Å²) in [6.07, 6.45) is 0. The van der Waals surface area contributed by atoms with Gasteiger partial charge >= 0.3 is 5.97 Å². The molecule has 6 heteroatoms. The molecule has 0 aliphatic heterocycles. The van der Waals surface area contributed by atoms with Crippen molar-refractivity contribution in [1.29, 1.82) is 0 Å². The molecule has 0 atom stereocenters. The highest BCUT2D eigenvalue weighted by Gasteiger charge is 2.16. The first-order valence-electron chi connectivity index (χ1n) is 4.33. The number of nitrogens with one attached hydrogen (secondary N) is 1.